The third-order valence-corrected chi connectivity index (χ3v) is 2.21. The van der Waals surface area contributed by atoms with Gasteiger partial charge in [0, 0.05) is 19.5 Å². The molecule has 0 spiro atoms. The van der Waals surface area contributed by atoms with E-state index in [1.54, 1.807) is 7.05 Å². The summed E-state index contributed by atoms with van der Waals surface area (Å²) in [4.78, 5) is 7.97. The van der Waals surface area contributed by atoms with Crippen molar-refractivity contribution in [1.29, 1.82) is 0 Å². The Balaban J connectivity index is 2.80. The number of halogens is 4. The molecule has 0 amide bonds. The Morgan fingerprint density at radius 3 is 2.58 bits per heavy atom. The number of alkyl halides is 4. The molecule has 0 fully saturated rings. The maximum atomic E-state index is 12.7. The second kappa shape index (κ2) is 6.53. The van der Waals surface area contributed by atoms with E-state index >= 15 is 0 Å². The van der Waals surface area contributed by atoms with Crippen molar-refractivity contribution in [2.45, 2.75) is 32.1 Å². The topological polar surface area (TPSA) is 47.0 Å². The minimum Gasteiger partial charge on any atom is -0.471 e. The van der Waals surface area contributed by atoms with Gasteiger partial charge in [0.15, 0.2) is 6.61 Å². The lowest BCUT2D eigenvalue weighted by Crippen LogP contribution is -2.34. The Bertz CT molecular complexity index is 415. The summed E-state index contributed by atoms with van der Waals surface area (Å²) in [5.41, 5.74) is 0. The minimum atomic E-state index is -4.20. The first-order chi connectivity index (χ1) is 8.89. The summed E-state index contributed by atoms with van der Waals surface area (Å²) in [5, 5.41) is 2.72. The van der Waals surface area contributed by atoms with E-state index in [9.17, 15) is 17.6 Å². The molecule has 8 heteroatoms. The number of rotatable bonds is 7. The van der Waals surface area contributed by atoms with Gasteiger partial charge in [-0.1, -0.05) is 6.92 Å². The van der Waals surface area contributed by atoms with Crippen LogP contribution < -0.4 is 10.1 Å². The molecule has 0 atom stereocenters. The maximum absolute atomic E-state index is 12.7. The summed E-state index contributed by atoms with van der Waals surface area (Å²) in [6.45, 7) is 0.483. The zero-order chi connectivity index (χ0) is 14.5. The predicted octanol–water partition coefficient (Wildman–Crippen LogP) is 2.75. The summed E-state index contributed by atoms with van der Waals surface area (Å²) in [6.07, 6.45) is -2.47. The molecule has 1 N–H and O–H groups in total. The fourth-order valence-electron chi connectivity index (χ4n) is 1.24. The monoisotopic (exact) mass is 281 g/mol. The lowest BCUT2D eigenvalue weighted by molar-refractivity contribution is -0.148. The van der Waals surface area contributed by atoms with Gasteiger partial charge in [-0.05, 0) is 6.42 Å². The number of nitrogens with zero attached hydrogens (tertiary/aromatic N) is 2. The molecule has 0 bridgehead atoms. The molecule has 0 saturated heterocycles. The fourth-order valence-corrected chi connectivity index (χ4v) is 1.24. The van der Waals surface area contributed by atoms with E-state index in [4.69, 9.17) is 0 Å². The van der Waals surface area contributed by atoms with Gasteiger partial charge in [-0.15, -0.1) is 0 Å². The number of aromatic nitrogens is 2. The standard InChI is InChI=1S/C11H15F4N3O/c1-3-4-7-17-8(16-2)5-9(18-7)19-6-11(14,15)10(12)13/h5,10H,3-4,6H2,1-2H3,(H,16,17,18). The number of ether oxygens (including phenoxy) is 1. The summed E-state index contributed by atoms with van der Waals surface area (Å²) >= 11 is 0. The highest BCUT2D eigenvalue weighted by Crippen LogP contribution is 2.24. The first-order valence-electron chi connectivity index (χ1n) is 5.73. The highest BCUT2D eigenvalue weighted by atomic mass is 19.3. The fraction of sp³-hybridized carbons (Fsp3) is 0.636. The van der Waals surface area contributed by atoms with Crippen molar-refractivity contribution >= 4 is 5.82 Å². The van der Waals surface area contributed by atoms with Crippen molar-refractivity contribution < 1.29 is 22.3 Å². The van der Waals surface area contributed by atoms with E-state index in [1.165, 1.54) is 6.07 Å². The Labute approximate surface area is 108 Å². The van der Waals surface area contributed by atoms with Crippen molar-refractivity contribution in [3.8, 4) is 5.88 Å². The molecule has 1 aromatic rings. The molecule has 1 rings (SSSR count). The zero-order valence-corrected chi connectivity index (χ0v) is 10.6. The molecule has 1 aromatic heterocycles. The van der Waals surface area contributed by atoms with E-state index in [-0.39, 0.29) is 5.88 Å². The second-order valence-electron chi connectivity index (χ2n) is 3.86. The minimum absolute atomic E-state index is 0.150. The van der Waals surface area contributed by atoms with Crippen molar-refractivity contribution in [3.63, 3.8) is 0 Å². The molecule has 0 aromatic carbocycles. The molecule has 4 nitrogen and oxygen atoms in total. The predicted molar refractivity (Wildman–Crippen MR) is 62.0 cm³/mol. The third-order valence-electron chi connectivity index (χ3n) is 2.21. The van der Waals surface area contributed by atoms with Crippen molar-refractivity contribution in [2.24, 2.45) is 0 Å². The molecule has 0 aliphatic carbocycles. The van der Waals surface area contributed by atoms with Crippen LogP contribution in [0.4, 0.5) is 23.4 Å². The van der Waals surface area contributed by atoms with Gasteiger partial charge in [0.1, 0.15) is 11.6 Å². The summed E-state index contributed by atoms with van der Waals surface area (Å²) in [6, 6.07) is 1.28. The average Bonchev–Trinajstić information content (AvgIpc) is 2.36. The second-order valence-corrected chi connectivity index (χ2v) is 3.86. The lowest BCUT2D eigenvalue weighted by atomic mass is 10.3. The van der Waals surface area contributed by atoms with Crippen LogP contribution in [0.25, 0.3) is 0 Å². The first kappa shape index (κ1) is 15.5. The quantitative estimate of drug-likeness (QED) is 0.781. The number of anilines is 1. The molecule has 0 unspecified atom stereocenters. The normalized spacial score (nSPS) is 11.7. The van der Waals surface area contributed by atoms with Crippen molar-refractivity contribution in [2.75, 3.05) is 19.0 Å². The van der Waals surface area contributed by atoms with Gasteiger partial charge in [-0.3, -0.25) is 0 Å². The van der Waals surface area contributed by atoms with Gasteiger partial charge in [0.05, 0.1) is 0 Å². The Morgan fingerprint density at radius 1 is 1.37 bits per heavy atom. The van der Waals surface area contributed by atoms with Crippen LogP contribution >= 0.6 is 0 Å². The summed E-state index contributed by atoms with van der Waals surface area (Å²) in [7, 11) is 1.59. The molecule has 19 heavy (non-hydrogen) atoms. The molecule has 0 saturated carbocycles. The molecular weight excluding hydrogens is 266 g/mol. The van der Waals surface area contributed by atoms with Crippen LogP contribution in [0.5, 0.6) is 5.88 Å². The van der Waals surface area contributed by atoms with E-state index in [1.807, 2.05) is 6.92 Å². The van der Waals surface area contributed by atoms with Crippen molar-refractivity contribution in [3.05, 3.63) is 11.9 Å². The highest BCUT2D eigenvalue weighted by molar-refractivity contribution is 5.37. The van der Waals surface area contributed by atoms with Gasteiger partial charge in [-0.2, -0.15) is 13.8 Å². The summed E-state index contributed by atoms with van der Waals surface area (Å²) in [5.74, 6) is -3.56. The van der Waals surface area contributed by atoms with E-state index in [2.05, 4.69) is 20.0 Å². The smallest absolute Gasteiger partial charge is 0.340 e. The Kier molecular flexibility index (Phi) is 5.31. The van der Waals surface area contributed by atoms with Crippen LogP contribution in [-0.2, 0) is 6.42 Å². The van der Waals surface area contributed by atoms with Crippen LogP contribution in [0.3, 0.4) is 0 Å². The van der Waals surface area contributed by atoms with Gasteiger partial charge in [0.2, 0.25) is 5.88 Å². The SMILES string of the molecule is CCCc1nc(NC)cc(OCC(F)(F)C(F)F)n1. The van der Waals surface area contributed by atoms with Crippen LogP contribution in [-0.4, -0.2) is 36.0 Å². The maximum Gasteiger partial charge on any atom is 0.340 e. The Hall–Kier alpha value is -1.60. The molecule has 0 aliphatic heterocycles. The van der Waals surface area contributed by atoms with Crippen LogP contribution in [0.2, 0.25) is 0 Å². The zero-order valence-electron chi connectivity index (χ0n) is 10.6. The molecule has 0 aliphatic rings. The molecule has 0 radical (unpaired) electrons. The number of hydrogen-bond acceptors (Lipinski definition) is 4. The average molecular weight is 281 g/mol. The Morgan fingerprint density at radius 2 is 2.05 bits per heavy atom. The number of aryl methyl sites for hydroxylation is 1. The highest BCUT2D eigenvalue weighted by Gasteiger charge is 2.41. The van der Waals surface area contributed by atoms with Crippen LogP contribution in [0.1, 0.15) is 19.2 Å². The molecule has 108 valence electrons. The summed E-state index contributed by atoms with van der Waals surface area (Å²) < 4.78 is 54.1. The van der Waals surface area contributed by atoms with Gasteiger partial charge in [-0.25, -0.2) is 13.8 Å². The molecule has 1 heterocycles. The third kappa shape index (κ3) is 4.53. The van der Waals surface area contributed by atoms with E-state index < -0.39 is 19.0 Å². The van der Waals surface area contributed by atoms with Gasteiger partial charge in [0.25, 0.3) is 0 Å². The largest absolute Gasteiger partial charge is 0.471 e. The number of nitrogens with one attached hydrogen (secondary N) is 1. The first-order valence-corrected chi connectivity index (χ1v) is 5.73. The van der Waals surface area contributed by atoms with E-state index in [0.29, 0.717) is 18.1 Å². The van der Waals surface area contributed by atoms with Crippen molar-refractivity contribution in [1.82, 2.24) is 9.97 Å². The van der Waals surface area contributed by atoms with Crippen LogP contribution in [0.15, 0.2) is 6.07 Å². The van der Waals surface area contributed by atoms with Crippen LogP contribution in [0, 0.1) is 0 Å². The lowest BCUT2D eigenvalue weighted by Gasteiger charge is -2.16. The van der Waals surface area contributed by atoms with E-state index in [0.717, 1.165) is 6.42 Å². The number of hydrogen-bond donors (Lipinski definition) is 1. The van der Waals surface area contributed by atoms with Gasteiger partial charge >= 0.3 is 12.3 Å². The molecular formula is C11H15F4N3O. The van der Waals surface area contributed by atoms with Gasteiger partial charge < -0.3 is 10.1 Å².